The first-order valence-electron chi connectivity index (χ1n) is 8.65. The van der Waals surface area contributed by atoms with Crippen LogP contribution in [0.5, 0.6) is 5.88 Å². The average molecular weight is 338 g/mol. The fraction of sp³-hybridized carbons (Fsp3) is 0.400. The van der Waals surface area contributed by atoms with Gasteiger partial charge in [0.25, 0.3) is 0 Å². The zero-order valence-electron chi connectivity index (χ0n) is 14.7. The highest BCUT2D eigenvalue weighted by Crippen LogP contribution is 2.22. The molecule has 0 N–H and O–H groups in total. The van der Waals surface area contributed by atoms with E-state index in [1.54, 1.807) is 19.4 Å². The van der Waals surface area contributed by atoms with Crippen LogP contribution in [0.2, 0.25) is 0 Å². The maximum absolute atomic E-state index is 11.4. The van der Waals surface area contributed by atoms with E-state index in [1.807, 2.05) is 19.1 Å². The molecule has 2 aliphatic rings. The molecule has 25 heavy (non-hydrogen) atoms. The molecule has 0 spiro atoms. The minimum atomic E-state index is 0.139. The summed E-state index contributed by atoms with van der Waals surface area (Å²) in [7, 11) is 1.56. The first-order chi connectivity index (χ1) is 12.1. The van der Waals surface area contributed by atoms with Crippen LogP contribution in [0.15, 0.2) is 24.4 Å². The van der Waals surface area contributed by atoms with Crippen molar-refractivity contribution in [3.05, 3.63) is 52.5 Å². The standard InChI is InChI=1S/C10H11NO2.C10H11NO/c1-13-9-6-5-7-3-2-4-8(12)10(7)11-9;1-7-5-6-11-10-8(7)3-2-4-9(10)12/h5-6H,2-4H2,1H3;5-6H,2-4H2,1H3. The van der Waals surface area contributed by atoms with E-state index in [-0.39, 0.29) is 11.6 Å². The van der Waals surface area contributed by atoms with Gasteiger partial charge in [0.15, 0.2) is 11.6 Å². The highest BCUT2D eigenvalue weighted by Gasteiger charge is 2.19. The molecule has 2 aliphatic carbocycles. The number of pyridine rings is 2. The normalized spacial score (nSPS) is 15.6. The summed E-state index contributed by atoms with van der Waals surface area (Å²) in [5.74, 6) is 0.870. The maximum atomic E-state index is 11.4. The number of ether oxygens (including phenoxy) is 1. The van der Waals surface area contributed by atoms with Crippen molar-refractivity contribution in [3.63, 3.8) is 0 Å². The third-order valence-electron chi connectivity index (χ3n) is 4.66. The van der Waals surface area contributed by atoms with E-state index in [0.29, 0.717) is 30.1 Å². The Balaban J connectivity index is 0.000000146. The van der Waals surface area contributed by atoms with Crippen molar-refractivity contribution in [3.8, 4) is 5.88 Å². The highest BCUT2D eigenvalue weighted by atomic mass is 16.5. The number of nitrogens with zero attached hydrogens (tertiary/aromatic N) is 2. The van der Waals surface area contributed by atoms with Gasteiger partial charge < -0.3 is 4.74 Å². The Morgan fingerprint density at radius 1 is 0.920 bits per heavy atom. The molecular formula is C20H22N2O3. The maximum Gasteiger partial charge on any atom is 0.213 e. The average Bonchev–Trinajstić information content (AvgIpc) is 2.63. The molecule has 130 valence electrons. The molecule has 0 saturated carbocycles. The van der Waals surface area contributed by atoms with Crippen molar-refractivity contribution >= 4 is 11.6 Å². The number of methoxy groups -OCH3 is 1. The van der Waals surface area contributed by atoms with E-state index in [1.165, 1.54) is 5.56 Å². The van der Waals surface area contributed by atoms with E-state index < -0.39 is 0 Å². The first-order valence-corrected chi connectivity index (χ1v) is 8.65. The van der Waals surface area contributed by atoms with Crippen LogP contribution in [-0.2, 0) is 12.8 Å². The summed E-state index contributed by atoms with van der Waals surface area (Å²) in [5, 5.41) is 0. The lowest BCUT2D eigenvalue weighted by Gasteiger charge is -2.14. The molecule has 2 aromatic heterocycles. The second-order valence-corrected chi connectivity index (χ2v) is 6.37. The lowest BCUT2D eigenvalue weighted by Crippen LogP contribution is -2.13. The van der Waals surface area contributed by atoms with E-state index in [2.05, 4.69) is 9.97 Å². The van der Waals surface area contributed by atoms with Gasteiger partial charge in [-0.25, -0.2) is 4.98 Å². The fourth-order valence-electron chi connectivity index (χ4n) is 3.27. The molecule has 0 saturated heterocycles. The van der Waals surface area contributed by atoms with E-state index >= 15 is 0 Å². The van der Waals surface area contributed by atoms with Crippen LogP contribution in [0, 0.1) is 6.92 Å². The molecule has 5 nitrogen and oxygen atoms in total. The number of rotatable bonds is 1. The van der Waals surface area contributed by atoms with Crippen LogP contribution in [0.4, 0.5) is 0 Å². The Hall–Kier alpha value is -2.56. The van der Waals surface area contributed by atoms with E-state index in [9.17, 15) is 9.59 Å². The van der Waals surface area contributed by atoms with E-state index in [0.717, 1.165) is 36.8 Å². The van der Waals surface area contributed by atoms with Gasteiger partial charge in [0.1, 0.15) is 11.4 Å². The molecule has 2 aromatic rings. The predicted molar refractivity (Wildman–Crippen MR) is 94.3 cm³/mol. The number of ketones is 2. The summed E-state index contributed by atoms with van der Waals surface area (Å²) in [6.45, 7) is 2.04. The third-order valence-corrected chi connectivity index (χ3v) is 4.66. The van der Waals surface area contributed by atoms with Crippen LogP contribution in [0.3, 0.4) is 0 Å². The molecule has 4 rings (SSSR count). The summed E-state index contributed by atoms with van der Waals surface area (Å²) in [6.07, 6.45) is 6.91. The minimum absolute atomic E-state index is 0.139. The lowest BCUT2D eigenvalue weighted by molar-refractivity contribution is 0.0958. The van der Waals surface area contributed by atoms with Gasteiger partial charge in [0, 0.05) is 25.1 Å². The fourth-order valence-corrected chi connectivity index (χ4v) is 3.27. The van der Waals surface area contributed by atoms with Crippen molar-refractivity contribution in [2.45, 2.75) is 45.4 Å². The summed E-state index contributed by atoms with van der Waals surface area (Å²) in [5.41, 5.74) is 4.73. The van der Waals surface area contributed by atoms with Crippen molar-refractivity contribution in [1.29, 1.82) is 0 Å². The molecule has 0 atom stereocenters. The second-order valence-electron chi connectivity index (χ2n) is 6.37. The van der Waals surface area contributed by atoms with Gasteiger partial charge in [-0.05, 0) is 55.4 Å². The molecule has 0 bridgehead atoms. The summed E-state index contributed by atoms with van der Waals surface area (Å²) in [6, 6.07) is 5.70. The van der Waals surface area contributed by atoms with E-state index in [4.69, 9.17) is 4.74 Å². The van der Waals surface area contributed by atoms with Crippen LogP contribution >= 0.6 is 0 Å². The number of Topliss-reactive ketones (excluding diaryl/α,β-unsaturated/α-hetero) is 2. The Bertz CT molecular complexity index is 815. The van der Waals surface area contributed by atoms with Gasteiger partial charge in [0.2, 0.25) is 5.88 Å². The predicted octanol–water partition coefficient (Wildman–Crippen LogP) is 3.52. The molecule has 0 radical (unpaired) electrons. The quantitative estimate of drug-likeness (QED) is 0.796. The lowest BCUT2D eigenvalue weighted by atomic mass is 9.92. The second kappa shape index (κ2) is 7.55. The van der Waals surface area contributed by atoms with Gasteiger partial charge in [-0.3, -0.25) is 14.6 Å². The van der Waals surface area contributed by atoms with Crippen molar-refractivity contribution in [2.75, 3.05) is 7.11 Å². The molecule has 0 amide bonds. The third kappa shape index (κ3) is 3.76. The molecule has 0 unspecified atom stereocenters. The number of carbonyl (C=O) groups excluding carboxylic acids is 2. The number of aryl methyl sites for hydroxylation is 2. The van der Waals surface area contributed by atoms with Gasteiger partial charge in [0.05, 0.1) is 7.11 Å². The van der Waals surface area contributed by atoms with Gasteiger partial charge in [-0.15, -0.1) is 0 Å². The van der Waals surface area contributed by atoms with Crippen LogP contribution < -0.4 is 4.74 Å². The summed E-state index contributed by atoms with van der Waals surface area (Å²) >= 11 is 0. The zero-order valence-corrected chi connectivity index (χ0v) is 14.7. The topological polar surface area (TPSA) is 69.2 Å². The van der Waals surface area contributed by atoms with Gasteiger partial charge >= 0.3 is 0 Å². The molecule has 0 fully saturated rings. The van der Waals surface area contributed by atoms with Crippen LogP contribution in [-0.4, -0.2) is 28.6 Å². The Kier molecular flexibility index (Phi) is 5.22. The Morgan fingerprint density at radius 2 is 1.64 bits per heavy atom. The molecular weight excluding hydrogens is 316 g/mol. The molecule has 5 heteroatoms. The van der Waals surface area contributed by atoms with Gasteiger partial charge in [-0.1, -0.05) is 6.07 Å². The number of aromatic nitrogens is 2. The number of fused-ring (bicyclic) bond motifs is 2. The Morgan fingerprint density at radius 3 is 2.36 bits per heavy atom. The SMILES string of the molecule is COc1ccc2c(n1)C(=O)CCC2.Cc1ccnc2c1CCCC2=O. The zero-order chi connectivity index (χ0) is 17.8. The molecule has 0 aromatic carbocycles. The van der Waals surface area contributed by atoms with Gasteiger partial charge in [-0.2, -0.15) is 0 Å². The largest absolute Gasteiger partial charge is 0.481 e. The Labute approximate surface area is 147 Å². The number of hydrogen-bond donors (Lipinski definition) is 0. The van der Waals surface area contributed by atoms with Crippen LogP contribution in [0.1, 0.15) is 63.4 Å². The highest BCUT2D eigenvalue weighted by molar-refractivity contribution is 5.97. The smallest absolute Gasteiger partial charge is 0.213 e. The van der Waals surface area contributed by atoms with Crippen LogP contribution in [0.25, 0.3) is 0 Å². The number of carbonyl (C=O) groups is 2. The molecule has 2 heterocycles. The summed E-state index contributed by atoms with van der Waals surface area (Å²) in [4.78, 5) is 31.1. The van der Waals surface area contributed by atoms with Crippen molar-refractivity contribution in [2.24, 2.45) is 0 Å². The monoisotopic (exact) mass is 338 g/mol. The summed E-state index contributed by atoms with van der Waals surface area (Å²) < 4.78 is 4.97. The van der Waals surface area contributed by atoms with Crippen molar-refractivity contribution in [1.82, 2.24) is 9.97 Å². The molecule has 0 aliphatic heterocycles. The first kappa shape index (κ1) is 17.3. The number of hydrogen-bond acceptors (Lipinski definition) is 5. The minimum Gasteiger partial charge on any atom is -0.481 e. The van der Waals surface area contributed by atoms with Crippen molar-refractivity contribution < 1.29 is 14.3 Å².